The summed E-state index contributed by atoms with van der Waals surface area (Å²) in [5, 5.41) is 19.6. The van der Waals surface area contributed by atoms with E-state index in [1.54, 1.807) is 24.4 Å². The summed E-state index contributed by atoms with van der Waals surface area (Å²) < 4.78 is 15.2. The van der Waals surface area contributed by atoms with Crippen LogP contribution >= 0.6 is 0 Å². The third-order valence-corrected chi connectivity index (χ3v) is 4.39. The lowest BCUT2D eigenvalue weighted by atomic mass is 10.0. The Labute approximate surface area is 160 Å². The summed E-state index contributed by atoms with van der Waals surface area (Å²) in [6, 6.07) is 9.80. The lowest BCUT2D eigenvalue weighted by Gasteiger charge is -2.06. The van der Waals surface area contributed by atoms with E-state index in [4.69, 9.17) is 5.11 Å². The minimum Gasteiger partial charge on any atom is -0.481 e. The summed E-state index contributed by atoms with van der Waals surface area (Å²) in [6.07, 6.45) is 2.77. The van der Waals surface area contributed by atoms with Crippen LogP contribution in [0.25, 0.3) is 28.2 Å². The molecule has 7 heteroatoms. The van der Waals surface area contributed by atoms with Crippen LogP contribution in [-0.4, -0.2) is 37.6 Å². The number of carboxylic acid groups (broad SMARTS) is 1. The van der Waals surface area contributed by atoms with Crippen LogP contribution in [0.5, 0.6) is 0 Å². The first-order valence-corrected chi connectivity index (χ1v) is 8.66. The molecule has 1 atom stereocenters. The number of hydrogen-bond donors (Lipinski definition) is 2. The van der Waals surface area contributed by atoms with Gasteiger partial charge in [0, 0.05) is 30.6 Å². The number of ketones is 1. The fourth-order valence-electron chi connectivity index (χ4n) is 3.14. The third-order valence-electron chi connectivity index (χ3n) is 4.39. The van der Waals surface area contributed by atoms with Crippen molar-refractivity contribution >= 4 is 28.9 Å². The highest BCUT2D eigenvalue weighted by atomic mass is 19.1. The van der Waals surface area contributed by atoms with Crippen LogP contribution < -0.4 is 0 Å². The molecule has 0 bridgehead atoms. The number of aliphatic carboxylic acids is 1. The molecule has 1 unspecified atom stereocenters. The number of rotatable bonds is 7. The average molecular weight is 382 g/mol. The highest BCUT2D eigenvalue weighted by Crippen LogP contribution is 2.34. The van der Waals surface area contributed by atoms with Crippen molar-refractivity contribution in [3.63, 3.8) is 0 Å². The molecule has 3 rings (SSSR count). The molecule has 1 aromatic carbocycles. The predicted molar refractivity (Wildman–Crippen MR) is 103 cm³/mol. The highest BCUT2D eigenvalue weighted by molar-refractivity contribution is 5.99. The molecule has 0 amide bonds. The summed E-state index contributed by atoms with van der Waals surface area (Å²) in [4.78, 5) is 26.5. The Hall–Kier alpha value is -3.32. The maximum absolute atomic E-state index is 13.3. The number of aromatic nitrogens is 2. The summed E-state index contributed by atoms with van der Waals surface area (Å²) in [5.74, 6) is -2.12. The minimum absolute atomic E-state index is 0.281. The van der Waals surface area contributed by atoms with Crippen molar-refractivity contribution in [3.8, 4) is 11.1 Å². The number of carbonyl (C=O) groups excluding carboxylic acids is 1. The second-order valence-corrected chi connectivity index (χ2v) is 6.44. The van der Waals surface area contributed by atoms with Crippen molar-refractivity contribution in [2.24, 2.45) is 7.05 Å². The zero-order valence-corrected chi connectivity index (χ0v) is 15.2. The number of aliphatic hydroxyl groups excluding tert-OH is 1. The van der Waals surface area contributed by atoms with Gasteiger partial charge in [-0.15, -0.1) is 0 Å². The third kappa shape index (κ3) is 4.15. The van der Waals surface area contributed by atoms with E-state index in [0.29, 0.717) is 0 Å². The average Bonchev–Trinajstić information content (AvgIpc) is 2.92. The lowest BCUT2D eigenvalue weighted by Crippen LogP contribution is -2.14. The molecule has 0 saturated heterocycles. The van der Waals surface area contributed by atoms with Gasteiger partial charge in [0.2, 0.25) is 0 Å². The molecule has 6 nitrogen and oxygen atoms in total. The zero-order valence-electron chi connectivity index (χ0n) is 15.2. The van der Waals surface area contributed by atoms with Gasteiger partial charge < -0.3 is 14.8 Å². The fourth-order valence-corrected chi connectivity index (χ4v) is 3.14. The number of hydrogen-bond acceptors (Lipinski definition) is 4. The number of fused-ring (bicyclic) bond motifs is 1. The van der Waals surface area contributed by atoms with Gasteiger partial charge in [0.05, 0.1) is 11.8 Å². The fraction of sp³-hybridized carbons (Fsp3) is 0.190. The topological polar surface area (TPSA) is 92.4 Å². The molecular formula is C21H19FN2O4. The second-order valence-electron chi connectivity index (χ2n) is 6.44. The molecular weight excluding hydrogens is 363 g/mol. The van der Waals surface area contributed by atoms with Crippen molar-refractivity contribution in [2.45, 2.75) is 18.9 Å². The standard InChI is InChI=1S/C21H19FN2O4/c1-24-18(9-8-15(25)11-16(26)12-19(27)28)20(13-4-6-14(22)7-5-13)17-3-2-10-23-21(17)24/h2-10,15,25H,11-12H2,1H3,(H,27,28)/b9-8+. The first-order chi connectivity index (χ1) is 13.4. The van der Waals surface area contributed by atoms with Gasteiger partial charge in [0.1, 0.15) is 23.7 Å². The largest absolute Gasteiger partial charge is 0.481 e. The van der Waals surface area contributed by atoms with Gasteiger partial charge in [-0.25, -0.2) is 9.37 Å². The van der Waals surface area contributed by atoms with Gasteiger partial charge in [-0.05, 0) is 35.9 Å². The summed E-state index contributed by atoms with van der Waals surface area (Å²) >= 11 is 0. The van der Waals surface area contributed by atoms with Crippen LogP contribution in [0, 0.1) is 5.82 Å². The van der Waals surface area contributed by atoms with Gasteiger partial charge in [-0.2, -0.15) is 0 Å². The lowest BCUT2D eigenvalue weighted by molar-refractivity contribution is -0.140. The van der Waals surface area contributed by atoms with Gasteiger partial charge in [-0.3, -0.25) is 9.59 Å². The number of Topliss-reactive ketones (excluding diaryl/α,β-unsaturated/α-hetero) is 1. The molecule has 28 heavy (non-hydrogen) atoms. The van der Waals surface area contributed by atoms with Crippen molar-refractivity contribution in [1.29, 1.82) is 0 Å². The highest BCUT2D eigenvalue weighted by Gasteiger charge is 2.17. The zero-order chi connectivity index (χ0) is 20.3. The number of nitrogens with zero attached hydrogens (tertiary/aromatic N) is 2. The van der Waals surface area contributed by atoms with E-state index in [1.807, 2.05) is 23.7 Å². The first-order valence-electron chi connectivity index (χ1n) is 8.66. The van der Waals surface area contributed by atoms with E-state index in [0.717, 1.165) is 27.9 Å². The molecule has 2 heterocycles. The van der Waals surface area contributed by atoms with Crippen LogP contribution in [0.15, 0.2) is 48.7 Å². The number of pyridine rings is 1. The van der Waals surface area contributed by atoms with Crippen LogP contribution in [-0.2, 0) is 16.6 Å². The summed E-state index contributed by atoms with van der Waals surface area (Å²) in [7, 11) is 1.82. The Balaban J connectivity index is 1.99. The molecule has 2 aromatic heterocycles. The monoisotopic (exact) mass is 382 g/mol. The summed E-state index contributed by atoms with van der Waals surface area (Å²) in [5.41, 5.74) is 3.06. The predicted octanol–water partition coefficient (Wildman–Crippen LogP) is 3.19. The van der Waals surface area contributed by atoms with E-state index >= 15 is 0 Å². The van der Waals surface area contributed by atoms with Crippen LogP contribution in [0.4, 0.5) is 4.39 Å². The number of halogens is 1. The van der Waals surface area contributed by atoms with E-state index in [-0.39, 0.29) is 12.2 Å². The van der Waals surface area contributed by atoms with Crippen LogP contribution in [0.3, 0.4) is 0 Å². The molecule has 3 aromatic rings. The molecule has 0 aliphatic rings. The van der Waals surface area contributed by atoms with Crippen molar-refractivity contribution in [1.82, 2.24) is 9.55 Å². The normalized spacial score (nSPS) is 12.5. The Morgan fingerprint density at radius 2 is 1.96 bits per heavy atom. The van der Waals surface area contributed by atoms with Gasteiger partial charge in [0.15, 0.2) is 0 Å². The number of carbonyl (C=O) groups is 2. The molecule has 0 radical (unpaired) electrons. The number of aryl methyl sites for hydroxylation is 1. The Morgan fingerprint density at radius 3 is 2.64 bits per heavy atom. The maximum atomic E-state index is 13.3. The molecule has 144 valence electrons. The minimum atomic E-state index is -1.22. The molecule has 0 saturated carbocycles. The molecule has 0 aliphatic carbocycles. The van der Waals surface area contributed by atoms with Crippen molar-refractivity contribution in [3.05, 3.63) is 60.2 Å². The molecule has 0 spiro atoms. The number of aliphatic hydroxyl groups is 1. The van der Waals surface area contributed by atoms with Gasteiger partial charge >= 0.3 is 5.97 Å². The maximum Gasteiger partial charge on any atom is 0.310 e. The first kappa shape index (κ1) is 19.4. The van der Waals surface area contributed by atoms with Gasteiger partial charge in [0.25, 0.3) is 0 Å². The van der Waals surface area contributed by atoms with Gasteiger partial charge in [-0.1, -0.05) is 18.2 Å². The Bertz CT molecular complexity index is 1050. The van der Waals surface area contributed by atoms with Crippen molar-refractivity contribution in [2.75, 3.05) is 0 Å². The van der Waals surface area contributed by atoms with E-state index in [9.17, 15) is 19.1 Å². The smallest absolute Gasteiger partial charge is 0.310 e. The Morgan fingerprint density at radius 1 is 1.25 bits per heavy atom. The molecule has 2 N–H and O–H groups in total. The Kier molecular flexibility index (Phi) is 5.65. The number of carboxylic acids is 1. The van der Waals surface area contributed by atoms with E-state index < -0.39 is 24.3 Å². The van der Waals surface area contributed by atoms with E-state index in [2.05, 4.69) is 4.98 Å². The van der Waals surface area contributed by atoms with Crippen LogP contribution in [0.2, 0.25) is 0 Å². The quantitative estimate of drug-likeness (QED) is 0.612. The SMILES string of the molecule is Cn1c(/C=C/C(O)CC(=O)CC(=O)O)c(-c2ccc(F)cc2)c2cccnc21. The summed E-state index contributed by atoms with van der Waals surface area (Å²) in [6.45, 7) is 0. The number of benzene rings is 1. The molecule has 0 fully saturated rings. The molecule has 0 aliphatic heterocycles. The van der Waals surface area contributed by atoms with E-state index in [1.165, 1.54) is 18.2 Å². The van der Waals surface area contributed by atoms with Crippen molar-refractivity contribution < 1.29 is 24.2 Å². The van der Waals surface area contributed by atoms with Crippen LogP contribution in [0.1, 0.15) is 18.5 Å². The second kappa shape index (κ2) is 8.14.